The van der Waals surface area contributed by atoms with Crippen LogP contribution in [0.4, 0.5) is 0 Å². The Labute approximate surface area is 114 Å². The van der Waals surface area contributed by atoms with E-state index < -0.39 is 0 Å². The Kier molecular flexibility index (Phi) is 6.33. The number of hydrogen-bond acceptors (Lipinski definition) is 3. The van der Waals surface area contributed by atoms with Gasteiger partial charge < -0.3 is 4.74 Å². The minimum atomic E-state index is 0.0737. The van der Waals surface area contributed by atoms with Crippen molar-refractivity contribution in [3.05, 3.63) is 34.9 Å². The molecular formula is C14H20ClNO2. The van der Waals surface area contributed by atoms with Crippen molar-refractivity contribution >= 4 is 17.4 Å². The van der Waals surface area contributed by atoms with Gasteiger partial charge in [0.05, 0.1) is 19.3 Å². The first kappa shape index (κ1) is 15.2. The molecule has 4 heteroatoms. The molecule has 0 radical (unpaired) electrons. The van der Waals surface area contributed by atoms with E-state index in [4.69, 9.17) is 16.3 Å². The summed E-state index contributed by atoms with van der Waals surface area (Å²) in [6.45, 7) is 5.75. The van der Waals surface area contributed by atoms with Gasteiger partial charge in [-0.2, -0.15) is 0 Å². The van der Waals surface area contributed by atoms with E-state index in [1.54, 1.807) is 24.3 Å². The topological polar surface area (TPSA) is 29.5 Å². The van der Waals surface area contributed by atoms with E-state index >= 15 is 0 Å². The number of likely N-dealkylation sites (N-methyl/N-ethyl adjacent to an activating group) is 1. The van der Waals surface area contributed by atoms with Crippen molar-refractivity contribution in [3.8, 4) is 0 Å². The highest BCUT2D eigenvalue weighted by molar-refractivity contribution is 6.31. The predicted octanol–water partition coefficient (Wildman–Crippen LogP) is 2.88. The third-order valence-electron chi connectivity index (χ3n) is 2.48. The number of rotatable bonds is 7. The van der Waals surface area contributed by atoms with E-state index in [2.05, 4.69) is 0 Å². The smallest absolute Gasteiger partial charge is 0.176 e. The molecule has 0 aliphatic heterocycles. The summed E-state index contributed by atoms with van der Waals surface area (Å²) in [5.74, 6) is 0.0737. The molecule has 0 saturated heterocycles. The van der Waals surface area contributed by atoms with Crippen molar-refractivity contribution < 1.29 is 9.53 Å². The van der Waals surface area contributed by atoms with Crippen LogP contribution in [0.2, 0.25) is 5.02 Å². The van der Waals surface area contributed by atoms with E-state index in [9.17, 15) is 4.79 Å². The van der Waals surface area contributed by atoms with Crippen LogP contribution < -0.4 is 0 Å². The zero-order chi connectivity index (χ0) is 13.5. The maximum Gasteiger partial charge on any atom is 0.176 e. The van der Waals surface area contributed by atoms with Gasteiger partial charge in [-0.05, 0) is 33.0 Å². The molecule has 3 nitrogen and oxygen atoms in total. The quantitative estimate of drug-likeness (QED) is 0.713. The third kappa shape index (κ3) is 5.63. The zero-order valence-electron chi connectivity index (χ0n) is 11.1. The van der Waals surface area contributed by atoms with E-state index in [-0.39, 0.29) is 11.9 Å². The number of halogens is 1. The van der Waals surface area contributed by atoms with Crippen molar-refractivity contribution in [3.63, 3.8) is 0 Å². The van der Waals surface area contributed by atoms with E-state index in [1.165, 1.54) is 0 Å². The van der Waals surface area contributed by atoms with Gasteiger partial charge in [-0.15, -0.1) is 0 Å². The molecule has 1 aromatic rings. The molecule has 0 bridgehead atoms. The molecule has 0 atom stereocenters. The van der Waals surface area contributed by atoms with Crippen LogP contribution >= 0.6 is 11.6 Å². The molecule has 0 saturated carbocycles. The maximum absolute atomic E-state index is 12.0. The fourth-order valence-corrected chi connectivity index (χ4v) is 1.71. The maximum atomic E-state index is 12.0. The lowest BCUT2D eigenvalue weighted by Crippen LogP contribution is -2.29. The van der Waals surface area contributed by atoms with Crippen LogP contribution in [0.1, 0.15) is 24.2 Å². The number of nitrogens with zero attached hydrogens (tertiary/aromatic N) is 1. The molecule has 100 valence electrons. The van der Waals surface area contributed by atoms with Gasteiger partial charge in [0.25, 0.3) is 0 Å². The number of ketones is 1. The normalized spacial score (nSPS) is 11.2. The zero-order valence-corrected chi connectivity index (χ0v) is 11.9. The van der Waals surface area contributed by atoms with Crippen LogP contribution in [0.25, 0.3) is 0 Å². The lowest BCUT2D eigenvalue weighted by atomic mass is 10.1. The molecule has 1 aromatic carbocycles. The summed E-state index contributed by atoms with van der Waals surface area (Å²) in [4.78, 5) is 13.9. The second kappa shape index (κ2) is 7.52. The van der Waals surface area contributed by atoms with Crippen LogP contribution in [-0.2, 0) is 4.74 Å². The van der Waals surface area contributed by atoms with E-state index in [0.717, 1.165) is 6.54 Å². The second-order valence-corrected chi connectivity index (χ2v) is 5.03. The van der Waals surface area contributed by atoms with Gasteiger partial charge in [-0.25, -0.2) is 0 Å². The first-order valence-corrected chi connectivity index (χ1v) is 6.45. The molecule has 0 aliphatic rings. The Morgan fingerprint density at radius 2 is 2.17 bits per heavy atom. The molecule has 0 N–H and O–H groups in total. The van der Waals surface area contributed by atoms with Crippen molar-refractivity contribution in [2.45, 2.75) is 20.0 Å². The van der Waals surface area contributed by atoms with Crippen LogP contribution in [0.3, 0.4) is 0 Å². The molecule has 1 rings (SSSR count). The molecule has 0 fully saturated rings. The minimum Gasteiger partial charge on any atom is -0.377 e. The Bertz CT molecular complexity index is 393. The summed E-state index contributed by atoms with van der Waals surface area (Å²) in [5, 5.41) is 0.589. The summed E-state index contributed by atoms with van der Waals surface area (Å²) in [6.07, 6.45) is 0.224. The average Bonchev–Trinajstić information content (AvgIpc) is 2.28. The highest BCUT2D eigenvalue weighted by Crippen LogP contribution is 2.11. The summed E-state index contributed by atoms with van der Waals surface area (Å²) in [7, 11) is 1.91. The molecule has 0 aliphatic carbocycles. The van der Waals surface area contributed by atoms with Gasteiger partial charge in [0, 0.05) is 17.1 Å². The van der Waals surface area contributed by atoms with Crippen LogP contribution in [0.5, 0.6) is 0 Å². The monoisotopic (exact) mass is 269 g/mol. The Balaban J connectivity index is 2.40. The van der Waals surface area contributed by atoms with Gasteiger partial charge in [-0.1, -0.05) is 23.7 Å². The fraction of sp³-hybridized carbons (Fsp3) is 0.500. The lowest BCUT2D eigenvalue weighted by Gasteiger charge is -2.16. The van der Waals surface area contributed by atoms with Gasteiger partial charge in [-0.3, -0.25) is 9.69 Å². The van der Waals surface area contributed by atoms with Crippen molar-refractivity contribution in [2.24, 2.45) is 0 Å². The summed E-state index contributed by atoms with van der Waals surface area (Å²) < 4.78 is 5.44. The average molecular weight is 270 g/mol. The number of ether oxygens (including phenoxy) is 1. The third-order valence-corrected chi connectivity index (χ3v) is 2.72. The van der Waals surface area contributed by atoms with Crippen molar-refractivity contribution in [1.82, 2.24) is 4.90 Å². The molecule has 0 heterocycles. The van der Waals surface area contributed by atoms with Gasteiger partial charge >= 0.3 is 0 Å². The standard InChI is InChI=1S/C14H20ClNO2/c1-11(2)18-8-7-16(3)10-14(17)12-5-4-6-13(15)9-12/h4-6,9,11H,7-8,10H2,1-3H3. The minimum absolute atomic E-state index is 0.0737. The first-order valence-electron chi connectivity index (χ1n) is 6.08. The predicted molar refractivity (Wildman–Crippen MR) is 74.4 cm³/mol. The van der Waals surface area contributed by atoms with Gasteiger partial charge in [0.1, 0.15) is 0 Å². The number of hydrogen-bond donors (Lipinski definition) is 0. The van der Waals surface area contributed by atoms with Crippen LogP contribution in [-0.4, -0.2) is 43.5 Å². The largest absolute Gasteiger partial charge is 0.377 e. The molecular weight excluding hydrogens is 250 g/mol. The Morgan fingerprint density at radius 3 is 2.78 bits per heavy atom. The van der Waals surface area contributed by atoms with E-state index in [0.29, 0.717) is 23.7 Å². The molecule has 18 heavy (non-hydrogen) atoms. The number of benzene rings is 1. The molecule has 0 aromatic heterocycles. The highest BCUT2D eigenvalue weighted by atomic mass is 35.5. The summed E-state index contributed by atoms with van der Waals surface area (Å²) >= 11 is 5.86. The van der Waals surface area contributed by atoms with Crippen LogP contribution in [0, 0.1) is 0 Å². The molecule has 0 spiro atoms. The highest BCUT2D eigenvalue weighted by Gasteiger charge is 2.09. The Hall–Kier alpha value is -0.900. The lowest BCUT2D eigenvalue weighted by molar-refractivity contribution is 0.0619. The van der Waals surface area contributed by atoms with Gasteiger partial charge in [0.2, 0.25) is 0 Å². The number of carbonyl (C=O) groups excluding carboxylic acids is 1. The second-order valence-electron chi connectivity index (χ2n) is 4.59. The molecule has 0 amide bonds. The van der Waals surface area contributed by atoms with E-state index in [1.807, 2.05) is 25.8 Å². The molecule has 0 unspecified atom stereocenters. The SMILES string of the molecule is CC(C)OCCN(C)CC(=O)c1cccc(Cl)c1. The van der Waals surface area contributed by atoms with Gasteiger partial charge in [0.15, 0.2) is 5.78 Å². The van der Waals surface area contributed by atoms with Crippen LogP contribution in [0.15, 0.2) is 24.3 Å². The Morgan fingerprint density at radius 1 is 1.44 bits per heavy atom. The van der Waals surface area contributed by atoms with Crippen molar-refractivity contribution in [2.75, 3.05) is 26.7 Å². The fourth-order valence-electron chi connectivity index (χ4n) is 1.52. The van der Waals surface area contributed by atoms with Crippen molar-refractivity contribution in [1.29, 1.82) is 0 Å². The first-order chi connectivity index (χ1) is 8.49. The summed E-state index contributed by atoms with van der Waals surface area (Å²) in [5.41, 5.74) is 0.652. The summed E-state index contributed by atoms with van der Waals surface area (Å²) in [6, 6.07) is 7.03. The number of Topliss-reactive ketones (excluding diaryl/α,β-unsaturated/α-hetero) is 1. The number of carbonyl (C=O) groups is 1.